The highest BCUT2D eigenvalue weighted by molar-refractivity contribution is 5.91. The van der Waals surface area contributed by atoms with Crippen molar-refractivity contribution in [2.24, 2.45) is 0 Å². The van der Waals surface area contributed by atoms with Gasteiger partial charge in [-0.25, -0.2) is 4.79 Å². The topological polar surface area (TPSA) is 59.6 Å². The Hall–Kier alpha value is -1.91. The summed E-state index contributed by atoms with van der Waals surface area (Å²) in [7, 11) is 3.16. The third-order valence-electron chi connectivity index (χ3n) is 3.27. The molecule has 0 radical (unpaired) electrons. The van der Waals surface area contributed by atoms with Crippen molar-refractivity contribution in [1.82, 2.24) is 5.32 Å². The third-order valence-corrected chi connectivity index (χ3v) is 3.27. The minimum absolute atomic E-state index is 0.203. The number of amides is 2. The van der Waals surface area contributed by atoms with E-state index in [4.69, 9.17) is 9.47 Å². The molecule has 1 rings (SSSR count). The van der Waals surface area contributed by atoms with Crippen molar-refractivity contribution in [1.29, 1.82) is 0 Å². The van der Waals surface area contributed by atoms with Crippen molar-refractivity contribution < 1.29 is 14.3 Å². The number of methoxy groups -OCH3 is 2. The maximum absolute atomic E-state index is 12.1. The number of rotatable bonds is 8. The standard InChI is InChI=1S/C16H26N2O3/c1-5-7-12(8-6-2)17-16(19)18-14-10-9-13(20-3)11-15(14)21-4/h9-12H,5-8H2,1-4H3,(H2,17,18,19). The van der Waals surface area contributed by atoms with Crippen LogP contribution in [0.4, 0.5) is 10.5 Å². The molecule has 0 fully saturated rings. The number of ether oxygens (including phenoxy) is 2. The maximum Gasteiger partial charge on any atom is 0.319 e. The first-order chi connectivity index (χ1) is 10.1. The summed E-state index contributed by atoms with van der Waals surface area (Å²) < 4.78 is 10.4. The van der Waals surface area contributed by atoms with E-state index in [9.17, 15) is 4.79 Å². The molecule has 1 aromatic carbocycles. The second kappa shape index (κ2) is 9.10. The maximum atomic E-state index is 12.1. The Morgan fingerprint density at radius 1 is 1.14 bits per heavy atom. The van der Waals surface area contributed by atoms with E-state index in [0.29, 0.717) is 17.2 Å². The molecule has 0 aliphatic carbocycles. The molecule has 0 bridgehead atoms. The van der Waals surface area contributed by atoms with E-state index in [1.54, 1.807) is 32.4 Å². The second-order valence-electron chi connectivity index (χ2n) is 4.94. The molecule has 5 nitrogen and oxygen atoms in total. The van der Waals surface area contributed by atoms with E-state index in [-0.39, 0.29) is 12.1 Å². The molecule has 0 aromatic heterocycles. The summed E-state index contributed by atoms with van der Waals surface area (Å²) in [6, 6.07) is 5.31. The normalized spacial score (nSPS) is 10.3. The van der Waals surface area contributed by atoms with Gasteiger partial charge >= 0.3 is 6.03 Å². The lowest BCUT2D eigenvalue weighted by atomic mass is 10.1. The highest BCUT2D eigenvalue weighted by Crippen LogP contribution is 2.28. The van der Waals surface area contributed by atoms with Crippen LogP contribution in [0.5, 0.6) is 11.5 Å². The summed E-state index contributed by atoms with van der Waals surface area (Å²) in [6.45, 7) is 4.24. The molecule has 0 spiro atoms. The van der Waals surface area contributed by atoms with Crippen molar-refractivity contribution in [3.63, 3.8) is 0 Å². The van der Waals surface area contributed by atoms with Gasteiger partial charge in [-0.05, 0) is 25.0 Å². The molecule has 2 N–H and O–H groups in total. The quantitative estimate of drug-likeness (QED) is 0.766. The largest absolute Gasteiger partial charge is 0.497 e. The number of carbonyl (C=O) groups is 1. The zero-order valence-electron chi connectivity index (χ0n) is 13.4. The molecule has 21 heavy (non-hydrogen) atoms. The molecule has 0 saturated carbocycles. The average Bonchev–Trinajstić information content (AvgIpc) is 2.48. The number of urea groups is 1. The molecule has 2 amide bonds. The van der Waals surface area contributed by atoms with Gasteiger partial charge in [0, 0.05) is 12.1 Å². The van der Waals surface area contributed by atoms with Gasteiger partial charge in [-0.15, -0.1) is 0 Å². The molecule has 1 aromatic rings. The Bertz CT molecular complexity index is 443. The van der Waals surface area contributed by atoms with Gasteiger partial charge in [-0.2, -0.15) is 0 Å². The summed E-state index contributed by atoms with van der Waals surface area (Å²) in [4.78, 5) is 12.1. The van der Waals surface area contributed by atoms with Crippen LogP contribution in [0.25, 0.3) is 0 Å². The van der Waals surface area contributed by atoms with E-state index in [0.717, 1.165) is 25.7 Å². The van der Waals surface area contributed by atoms with Gasteiger partial charge in [0.05, 0.1) is 19.9 Å². The zero-order chi connectivity index (χ0) is 15.7. The van der Waals surface area contributed by atoms with Gasteiger partial charge < -0.3 is 20.1 Å². The Labute approximate surface area is 127 Å². The smallest absolute Gasteiger partial charge is 0.319 e. The number of carbonyl (C=O) groups excluding carboxylic acids is 1. The predicted molar refractivity (Wildman–Crippen MR) is 85.3 cm³/mol. The first-order valence-corrected chi connectivity index (χ1v) is 7.44. The van der Waals surface area contributed by atoms with Crippen molar-refractivity contribution >= 4 is 11.7 Å². The van der Waals surface area contributed by atoms with Crippen LogP contribution in [0.1, 0.15) is 39.5 Å². The van der Waals surface area contributed by atoms with Crippen LogP contribution in [0.2, 0.25) is 0 Å². The van der Waals surface area contributed by atoms with Crippen molar-refractivity contribution in [2.75, 3.05) is 19.5 Å². The van der Waals surface area contributed by atoms with Gasteiger partial charge in [0.15, 0.2) is 0 Å². The van der Waals surface area contributed by atoms with Gasteiger partial charge in [-0.1, -0.05) is 26.7 Å². The van der Waals surface area contributed by atoms with E-state index < -0.39 is 0 Å². The van der Waals surface area contributed by atoms with Crippen LogP contribution in [0.3, 0.4) is 0 Å². The Morgan fingerprint density at radius 3 is 2.33 bits per heavy atom. The van der Waals surface area contributed by atoms with Crippen LogP contribution in [-0.4, -0.2) is 26.3 Å². The first kappa shape index (κ1) is 17.1. The van der Waals surface area contributed by atoms with Crippen molar-refractivity contribution in [2.45, 2.75) is 45.6 Å². The lowest BCUT2D eigenvalue weighted by Gasteiger charge is -2.18. The van der Waals surface area contributed by atoms with Crippen LogP contribution in [0.15, 0.2) is 18.2 Å². The van der Waals surface area contributed by atoms with E-state index in [2.05, 4.69) is 24.5 Å². The summed E-state index contributed by atoms with van der Waals surface area (Å²) in [5, 5.41) is 5.84. The fourth-order valence-electron chi connectivity index (χ4n) is 2.23. The van der Waals surface area contributed by atoms with Gasteiger partial charge in [0.1, 0.15) is 11.5 Å². The monoisotopic (exact) mass is 294 g/mol. The molecule has 0 aliphatic rings. The van der Waals surface area contributed by atoms with Gasteiger partial charge in [-0.3, -0.25) is 0 Å². The lowest BCUT2D eigenvalue weighted by Crippen LogP contribution is -2.37. The fraction of sp³-hybridized carbons (Fsp3) is 0.562. The third kappa shape index (κ3) is 5.53. The number of benzene rings is 1. The molecule has 118 valence electrons. The minimum atomic E-state index is -0.203. The zero-order valence-corrected chi connectivity index (χ0v) is 13.4. The number of hydrogen-bond donors (Lipinski definition) is 2. The molecule has 0 atom stereocenters. The Balaban J connectivity index is 2.69. The van der Waals surface area contributed by atoms with Crippen molar-refractivity contribution in [3.05, 3.63) is 18.2 Å². The molecule has 0 heterocycles. The summed E-state index contributed by atoms with van der Waals surface area (Å²) in [5.41, 5.74) is 0.627. The number of nitrogens with one attached hydrogen (secondary N) is 2. The highest BCUT2D eigenvalue weighted by atomic mass is 16.5. The van der Waals surface area contributed by atoms with Crippen molar-refractivity contribution in [3.8, 4) is 11.5 Å². The first-order valence-electron chi connectivity index (χ1n) is 7.44. The number of hydrogen-bond acceptors (Lipinski definition) is 3. The lowest BCUT2D eigenvalue weighted by molar-refractivity contribution is 0.246. The molecule has 5 heteroatoms. The molecule has 0 aliphatic heterocycles. The second-order valence-corrected chi connectivity index (χ2v) is 4.94. The average molecular weight is 294 g/mol. The Kier molecular flexibility index (Phi) is 7.43. The van der Waals surface area contributed by atoms with E-state index >= 15 is 0 Å². The highest BCUT2D eigenvalue weighted by Gasteiger charge is 2.13. The predicted octanol–water partition coefficient (Wildman–Crippen LogP) is 3.79. The van der Waals surface area contributed by atoms with Crippen LogP contribution < -0.4 is 20.1 Å². The molecular weight excluding hydrogens is 268 g/mol. The fourth-order valence-corrected chi connectivity index (χ4v) is 2.23. The van der Waals surface area contributed by atoms with Crippen LogP contribution in [-0.2, 0) is 0 Å². The number of anilines is 1. The van der Waals surface area contributed by atoms with Crippen LogP contribution in [0, 0.1) is 0 Å². The Morgan fingerprint density at radius 2 is 1.81 bits per heavy atom. The molecular formula is C16H26N2O3. The molecule has 0 saturated heterocycles. The summed E-state index contributed by atoms with van der Waals surface area (Å²) >= 11 is 0. The minimum Gasteiger partial charge on any atom is -0.497 e. The summed E-state index contributed by atoms with van der Waals surface area (Å²) in [5.74, 6) is 1.26. The summed E-state index contributed by atoms with van der Waals surface area (Å²) in [6.07, 6.45) is 4.08. The molecule has 0 unspecified atom stereocenters. The van der Waals surface area contributed by atoms with E-state index in [1.807, 2.05) is 0 Å². The van der Waals surface area contributed by atoms with Crippen LogP contribution >= 0.6 is 0 Å². The van der Waals surface area contributed by atoms with Gasteiger partial charge in [0.25, 0.3) is 0 Å². The van der Waals surface area contributed by atoms with Gasteiger partial charge in [0.2, 0.25) is 0 Å². The van der Waals surface area contributed by atoms with E-state index in [1.165, 1.54) is 0 Å². The SMILES string of the molecule is CCCC(CCC)NC(=O)Nc1ccc(OC)cc1OC.